The van der Waals surface area contributed by atoms with Crippen molar-refractivity contribution in [1.82, 2.24) is 14.5 Å². The Morgan fingerprint density at radius 3 is 3.00 bits per heavy atom. The predicted octanol–water partition coefficient (Wildman–Crippen LogP) is 2.45. The van der Waals surface area contributed by atoms with Crippen LogP contribution in [-0.2, 0) is 13.7 Å². The lowest BCUT2D eigenvalue weighted by Crippen LogP contribution is -2.21. The second-order valence-corrected chi connectivity index (χ2v) is 6.13. The molecule has 23 heavy (non-hydrogen) atoms. The lowest BCUT2D eigenvalue weighted by Gasteiger charge is -2.17. The van der Waals surface area contributed by atoms with Crippen LogP contribution in [-0.4, -0.2) is 32.7 Å². The molecular weight excluding hydrogens is 288 g/mol. The van der Waals surface area contributed by atoms with Crippen molar-refractivity contribution in [2.45, 2.75) is 18.9 Å². The molecule has 0 amide bonds. The normalized spacial score (nSPS) is 18.0. The van der Waals surface area contributed by atoms with E-state index in [4.69, 9.17) is 0 Å². The maximum Gasteiger partial charge on any atom is 0.156 e. The Bertz CT molecular complexity index is 842. The SMILES string of the molecule is Cn1cc(C2CCN(c3ccnc(CO)n3)C2)c2ccccc21. The van der Waals surface area contributed by atoms with Crippen LogP contribution in [0.5, 0.6) is 0 Å². The fourth-order valence-electron chi connectivity index (χ4n) is 3.56. The molecule has 1 N–H and O–H groups in total. The summed E-state index contributed by atoms with van der Waals surface area (Å²) in [7, 11) is 2.11. The number of aromatic nitrogens is 3. The van der Waals surface area contributed by atoms with Crippen LogP contribution in [0.1, 0.15) is 23.7 Å². The number of nitrogens with zero attached hydrogens (tertiary/aromatic N) is 4. The van der Waals surface area contributed by atoms with E-state index < -0.39 is 0 Å². The van der Waals surface area contributed by atoms with Gasteiger partial charge in [-0.3, -0.25) is 0 Å². The zero-order valence-electron chi connectivity index (χ0n) is 13.2. The Morgan fingerprint density at radius 2 is 2.13 bits per heavy atom. The highest BCUT2D eigenvalue weighted by molar-refractivity contribution is 5.84. The Kier molecular flexibility index (Phi) is 3.50. The van der Waals surface area contributed by atoms with Crippen molar-refractivity contribution in [3.63, 3.8) is 0 Å². The number of aliphatic hydroxyl groups is 1. The summed E-state index contributed by atoms with van der Waals surface area (Å²) < 4.78 is 2.21. The maximum atomic E-state index is 9.21. The molecule has 1 aliphatic rings. The molecule has 1 unspecified atom stereocenters. The minimum atomic E-state index is -0.117. The first-order valence-electron chi connectivity index (χ1n) is 7.98. The smallest absolute Gasteiger partial charge is 0.156 e. The summed E-state index contributed by atoms with van der Waals surface area (Å²) in [5.41, 5.74) is 2.70. The Morgan fingerprint density at radius 1 is 1.26 bits per heavy atom. The first-order chi connectivity index (χ1) is 11.3. The van der Waals surface area contributed by atoms with E-state index in [1.807, 2.05) is 6.07 Å². The quantitative estimate of drug-likeness (QED) is 0.807. The summed E-state index contributed by atoms with van der Waals surface area (Å²) in [5, 5.41) is 10.6. The van der Waals surface area contributed by atoms with Gasteiger partial charge in [-0.25, -0.2) is 9.97 Å². The molecule has 1 atom stereocenters. The molecule has 0 aliphatic carbocycles. The van der Waals surface area contributed by atoms with E-state index >= 15 is 0 Å². The number of hydrogen-bond acceptors (Lipinski definition) is 4. The van der Waals surface area contributed by atoms with Crippen molar-refractivity contribution in [2.24, 2.45) is 7.05 Å². The standard InChI is InChI=1S/C18H20N4O/c1-21-11-15(14-4-2-3-5-16(14)21)13-7-9-22(10-13)18-6-8-19-17(12-23)20-18/h2-6,8,11,13,23H,7,9-10,12H2,1H3. The Hall–Kier alpha value is -2.40. The molecule has 5 heteroatoms. The molecular formula is C18H20N4O. The predicted molar refractivity (Wildman–Crippen MR) is 90.4 cm³/mol. The van der Waals surface area contributed by atoms with Crippen LogP contribution in [0.4, 0.5) is 5.82 Å². The largest absolute Gasteiger partial charge is 0.388 e. The van der Waals surface area contributed by atoms with Crippen molar-refractivity contribution in [3.05, 3.63) is 54.1 Å². The van der Waals surface area contributed by atoms with Crippen molar-refractivity contribution < 1.29 is 5.11 Å². The van der Waals surface area contributed by atoms with Gasteiger partial charge in [-0.05, 0) is 24.1 Å². The van der Waals surface area contributed by atoms with Gasteiger partial charge in [-0.2, -0.15) is 0 Å². The first kappa shape index (κ1) is 14.2. The first-order valence-corrected chi connectivity index (χ1v) is 7.98. The van der Waals surface area contributed by atoms with Gasteiger partial charge in [0.2, 0.25) is 0 Å². The molecule has 1 aliphatic heterocycles. The number of anilines is 1. The summed E-state index contributed by atoms with van der Waals surface area (Å²) in [6, 6.07) is 10.5. The molecule has 3 aromatic rings. The zero-order valence-corrected chi connectivity index (χ0v) is 13.2. The third-order valence-electron chi connectivity index (χ3n) is 4.71. The number of hydrogen-bond donors (Lipinski definition) is 1. The van der Waals surface area contributed by atoms with E-state index in [0.29, 0.717) is 11.7 Å². The van der Waals surface area contributed by atoms with Gasteiger partial charge in [0, 0.05) is 49.4 Å². The Labute approximate surface area is 135 Å². The summed E-state index contributed by atoms with van der Waals surface area (Å²) in [6.07, 6.45) is 5.10. The fourth-order valence-corrected chi connectivity index (χ4v) is 3.56. The van der Waals surface area contributed by atoms with Gasteiger partial charge in [0.25, 0.3) is 0 Å². The average Bonchev–Trinajstić information content (AvgIpc) is 3.20. The van der Waals surface area contributed by atoms with Gasteiger partial charge in [0.15, 0.2) is 5.82 Å². The highest BCUT2D eigenvalue weighted by atomic mass is 16.3. The van der Waals surface area contributed by atoms with Crippen molar-refractivity contribution in [3.8, 4) is 0 Å². The monoisotopic (exact) mass is 308 g/mol. The highest BCUT2D eigenvalue weighted by Gasteiger charge is 2.27. The minimum absolute atomic E-state index is 0.117. The topological polar surface area (TPSA) is 54.2 Å². The number of fused-ring (bicyclic) bond motifs is 1. The van der Waals surface area contributed by atoms with Crippen molar-refractivity contribution >= 4 is 16.7 Å². The van der Waals surface area contributed by atoms with Crippen LogP contribution in [0.3, 0.4) is 0 Å². The molecule has 118 valence electrons. The molecule has 3 heterocycles. The van der Waals surface area contributed by atoms with E-state index in [2.05, 4.69) is 56.9 Å². The van der Waals surface area contributed by atoms with E-state index in [1.165, 1.54) is 16.5 Å². The highest BCUT2D eigenvalue weighted by Crippen LogP contribution is 2.34. The van der Waals surface area contributed by atoms with Gasteiger partial charge < -0.3 is 14.6 Å². The molecule has 0 bridgehead atoms. The molecule has 1 fully saturated rings. The van der Waals surface area contributed by atoms with Crippen LogP contribution >= 0.6 is 0 Å². The summed E-state index contributed by atoms with van der Waals surface area (Å²) in [6.45, 7) is 1.82. The van der Waals surface area contributed by atoms with Crippen molar-refractivity contribution in [1.29, 1.82) is 0 Å². The second kappa shape index (κ2) is 5.66. The number of benzene rings is 1. The fraction of sp³-hybridized carbons (Fsp3) is 0.333. The molecule has 0 spiro atoms. The summed E-state index contributed by atoms with van der Waals surface area (Å²) in [5.74, 6) is 1.90. The lowest BCUT2D eigenvalue weighted by atomic mass is 9.98. The van der Waals surface area contributed by atoms with Crippen LogP contribution in [0, 0.1) is 0 Å². The molecule has 4 rings (SSSR count). The average molecular weight is 308 g/mol. The summed E-state index contributed by atoms with van der Waals surface area (Å²) in [4.78, 5) is 10.8. The molecule has 5 nitrogen and oxygen atoms in total. The lowest BCUT2D eigenvalue weighted by molar-refractivity contribution is 0.271. The number of rotatable bonds is 3. The third-order valence-corrected chi connectivity index (χ3v) is 4.71. The van der Waals surface area contributed by atoms with Gasteiger partial charge >= 0.3 is 0 Å². The van der Waals surface area contributed by atoms with Gasteiger partial charge in [-0.1, -0.05) is 18.2 Å². The summed E-state index contributed by atoms with van der Waals surface area (Å²) >= 11 is 0. The molecule has 2 aromatic heterocycles. The molecule has 0 radical (unpaired) electrons. The van der Waals surface area contributed by atoms with E-state index in [1.54, 1.807) is 6.20 Å². The van der Waals surface area contributed by atoms with Gasteiger partial charge in [0.05, 0.1) is 0 Å². The van der Waals surface area contributed by atoms with Crippen LogP contribution < -0.4 is 4.90 Å². The Balaban J connectivity index is 1.62. The van der Waals surface area contributed by atoms with Crippen LogP contribution in [0.15, 0.2) is 42.7 Å². The van der Waals surface area contributed by atoms with Crippen LogP contribution in [0.25, 0.3) is 10.9 Å². The molecule has 1 aromatic carbocycles. The zero-order chi connectivity index (χ0) is 15.8. The number of aliphatic hydroxyl groups excluding tert-OH is 1. The van der Waals surface area contributed by atoms with Gasteiger partial charge in [0.1, 0.15) is 12.4 Å². The number of aryl methyl sites for hydroxylation is 1. The van der Waals surface area contributed by atoms with E-state index in [0.717, 1.165) is 25.3 Å². The second-order valence-electron chi connectivity index (χ2n) is 6.13. The van der Waals surface area contributed by atoms with Crippen molar-refractivity contribution in [2.75, 3.05) is 18.0 Å². The van der Waals surface area contributed by atoms with Gasteiger partial charge in [-0.15, -0.1) is 0 Å². The van der Waals surface area contributed by atoms with E-state index in [9.17, 15) is 5.11 Å². The molecule has 0 saturated carbocycles. The third kappa shape index (κ3) is 2.47. The van der Waals surface area contributed by atoms with E-state index in [-0.39, 0.29) is 6.61 Å². The minimum Gasteiger partial charge on any atom is -0.388 e. The maximum absolute atomic E-state index is 9.21. The number of para-hydroxylation sites is 1. The van der Waals surface area contributed by atoms with Crippen LogP contribution in [0.2, 0.25) is 0 Å². The molecule has 1 saturated heterocycles.